The molecule has 0 amide bonds. The molecule has 0 fully saturated rings. The van der Waals surface area contributed by atoms with E-state index >= 15 is 0 Å². The molecule has 0 bridgehead atoms. The number of aromatic nitrogens is 2. The van der Waals surface area contributed by atoms with Crippen molar-refractivity contribution in [3.8, 4) is 0 Å². The molecule has 0 spiro atoms. The smallest absolute Gasteiger partial charge is 0.321 e. The molecule has 0 aliphatic heterocycles. The zero-order valence-corrected chi connectivity index (χ0v) is 11.5. The molecule has 0 aliphatic carbocycles. The first-order valence-corrected chi connectivity index (χ1v) is 6.92. The number of sulfonamides is 1. The van der Waals surface area contributed by atoms with Crippen LogP contribution in [0.2, 0.25) is 0 Å². The van der Waals surface area contributed by atoms with Crippen molar-refractivity contribution in [1.29, 1.82) is 0 Å². The molecule has 0 N–H and O–H groups in total. The number of aryl methyl sites for hydroxylation is 1. The fraction of sp³-hybridized carbons (Fsp3) is 0.600. The van der Waals surface area contributed by atoms with Crippen molar-refractivity contribution in [3.63, 3.8) is 0 Å². The van der Waals surface area contributed by atoms with E-state index in [9.17, 15) is 13.2 Å². The molecule has 0 unspecified atom stereocenters. The lowest BCUT2D eigenvalue weighted by Crippen LogP contribution is -2.37. The topological polar surface area (TPSA) is 81.5 Å². The SMILES string of the molecule is CCCN(CC(=O)OC)S(=O)(=O)c1ccnn1C. The zero-order chi connectivity index (χ0) is 13.8. The lowest BCUT2D eigenvalue weighted by Gasteiger charge is -2.20. The number of hydrogen-bond donors (Lipinski definition) is 0. The monoisotopic (exact) mass is 275 g/mol. The third-order valence-corrected chi connectivity index (χ3v) is 4.31. The summed E-state index contributed by atoms with van der Waals surface area (Å²) >= 11 is 0. The van der Waals surface area contributed by atoms with Gasteiger partial charge in [0.05, 0.1) is 13.3 Å². The number of esters is 1. The molecule has 0 saturated carbocycles. The van der Waals surface area contributed by atoms with Gasteiger partial charge in [0, 0.05) is 13.6 Å². The molecule has 1 aromatic rings. The van der Waals surface area contributed by atoms with Crippen LogP contribution >= 0.6 is 0 Å². The van der Waals surface area contributed by atoms with Crippen LogP contribution in [0.25, 0.3) is 0 Å². The average molecular weight is 275 g/mol. The molecular weight excluding hydrogens is 258 g/mol. The summed E-state index contributed by atoms with van der Waals surface area (Å²) in [4.78, 5) is 11.2. The Kier molecular flexibility index (Phi) is 4.85. The number of rotatable bonds is 6. The van der Waals surface area contributed by atoms with Crippen LogP contribution in [0.15, 0.2) is 17.3 Å². The second-order valence-electron chi connectivity index (χ2n) is 3.71. The van der Waals surface area contributed by atoms with Gasteiger partial charge < -0.3 is 4.74 Å². The molecule has 1 rings (SSSR count). The van der Waals surface area contributed by atoms with Crippen molar-refractivity contribution in [2.45, 2.75) is 18.4 Å². The molecule has 18 heavy (non-hydrogen) atoms. The standard InChI is InChI=1S/C10H17N3O4S/c1-4-7-13(8-10(14)17-3)18(15,16)9-5-6-11-12(9)2/h5-6H,4,7-8H2,1-3H3. The summed E-state index contributed by atoms with van der Waals surface area (Å²) in [6.45, 7) is 1.80. The van der Waals surface area contributed by atoms with Gasteiger partial charge in [-0.15, -0.1) is 0 Å². The van der Waals surface area contributed by atoms with Crippen LogP contribution in [0.5, 0.6) is 0 Å². The van der Waals surface area contributed by atoms with Gasteiger partial charge in [-0.25, -0.2) is 8.42 Å². The molecule has 0 radical (unpaired) electrons. The predicted molar refractivity (Wildman–Crippen MR) is 64.3 cm³/mol. The fourth-order valence-electron chi connectivity index (χ4n) is 1.49. The Morgan fingerprint density at radius 2 is 2.22 bits per heavy atom. The zero-order valence-electron chi connectivity index (χ0n) is 10.7. The summed E-state index contributed by atoms with van der Waals surface area (Å²) in [7, 11) is -0.961. The summed E-state index contributed by atoms with van der Waals surface area (Å²) < 4.78 is 31.5. The van der Waals surface area contributed by atoms with Gasteiger partial charge in [0.1, 0.15) is 6.54 Å². The van der Waals surface area contributed by atoms with Crippen molar-refractivity contribution in [1.82, 2.24) is 14.1 Å². The van der Waals surface area contributed by atoms with Gasteiger partial charge in [-0.3, -0.25) is 9.48 Å². The normalized spacial score (nSPS) is 11.8. The van der Waals surface area contributed by atoms with Crippen LogP contribution in [-0.4, -0.2) is 48.7 Å². The van der Waals surface area contributed by atoms with E-state index in [2.05, 4.69) is 9.84 Å². The highest BCUT2D eigenvalue weighted by atomic mass is 32.2. The maximum absolute atomic E-state index is 12.3. The second-order valence-corrected chi connectivity index (χ2v) is 5.59. The Bertz CT molecular complexity index is 509. The van der Waals surface area contributed by atoms with Gasteiger partial charge in [-0.1, -0.05) is 6.92 Å². The quantitative estimate of drug-likeness (QED) is 0.682. The third-order valence-electron chi connectivity index (χ3n) is 2.39. The Balaban J connectivity index is 3.05. The van der Waals surface area contributed by atoms with Crippen molar-refractivity contribution in [2.24, 2.45) is 7.05 Å². The van der Waals surface area contributed by atoms with E-state index in [1.807, 2.05) is 6.92 Å². The van der Waals surface area contributed by atoms with Crippen LogP contribution in [0.3, 0.4) is 0 Å². The Morgan fingerprint density at radius 1 is 1.56 bits per heavy atom. The lowest BCUT2D eigenvalue weighted by molar-refractivity contribution is -0.140. The van der Waals surface area contributed by atoms with E-state index in [-0.39, 0.29) is 18.1 Å². The fourth-order valence-corrected chi connectivity index (χ4v) is 3.07. The Labute approximate surface area is 106 Å². The van der Waals surface area contributed by atoms with Crippen LogP contribution in [0.4, 0.5) is 0 Å². The minimum absolute atomic E-state index is 0.0554. The highest BCUT2D eigenvalue weighted by Crippen LogP contribution is 2.14. The summed E-state index contributed by atoms with van der Waals surface area (Å²) in [6, 6.07) is 1.40. The molecule has 102 valence electrons. The van der Waals surface area contributed by atoms with Crippen LogP contribution < -0.4 is 0 Å². The van der Waals surface area contributed by atoms with Gasteiger partial charge in [-0.2, -0.15) is 9.40 Å². The lowest BCUT2D eigenvalue weighted by atomic mass is 10.5. The van der Waals surface area contributed by atoms with Crippen LogP contribution in [0.1, 0.15) is 13.3 Å². The van der Waals surface area contributed by atoms with Gasteiger partial charge in [0.25, 0.3) is 10.0 Å². The summed E-state index contributed by atoms with van der Waals surface area (Å²) in [5.41, 5.74) is 0. The molecule has 0 saturated heterocycles. The van der Waals surface area contributed by atoms with Crippen LogP contribution in [-0.2, 0) is 26.6 Å². The number of nitrogens with zero attached hydrogens (tertiary/aromatic N) is 3. The van der Waals surface area contributed by atoms with Crippen molar-refractivity contribution in [3.05, 3.63) is 12.3 Å². The number of carbonyl (C=O) groups is 1. The van der Waals surface area contributed by atoms with Crippen molar-refractivity contribution >= 4 is 16.0 Å². The summed E-state index contributed by atoms with van der Waals surface area (Å²) in [5, 5.41) is 3.87. The first kappa shape index (κ1) is 14.7. The largest absolute Gasteiger partial charge is 0.468 e. The average Bonchev–Trinajstić information content (AvgIpc) is 2.75. The molecule has 0 atom stereocenters. The summed E-state index contributed by atoms with van der Waals surface area (Å²) in [5.74, 6) is -0.589. The van der Waals surface area contributed by atoms with E-state index in [0.29, 0.717) is 6.42 Å². The number of ether oxygens (including phenoxy) is 1. The molecule has 0 aromatic carbocycles. The third kappa shape index (κ3) is 3.08. The van der Waals surface area contributed by atoms with E-state index < -0.39 is 16.0 Å². The minimum atomic E-state index is -3.72. The minimum Gasteiger partial charge on any atom is -0.468 e. The van der Waals surface area contributed by atoms with E-state index in [1.165, 1.54) is 31.1 Å². The highest BCUT2D eigenvalue weighted by Gasteiger charge is 2.28. The molecule has 7 nitrogen and oxygen atoms in total. The van der Waals surface area contributed by atoms with Gasteiger partial charge in [0.2, 0.25) is 0 Å². The molecule has 8 heteroatoms. The summed E-state index contributed by atoms with van der Waals surface area (Å²) in [6.07, 6.45) is 2.00. The van der Waals surface area contributed by atoms with E-state index in [4.69, 9.17) is 0 Å². The first-order valence-electron chi connectivity index (χ1n) is 5.48. The first-order chi connectivity index (χ1) is 8.43. The second kappa shape index (κ2) is 5.96. The number of methoxy groups -OCH3 is 1. The van der Waals surface area contributed by atoms with Crippen molar-refractivity contribution < 1.29 is 17.9 Å². The van der Waals surface area contributed by atoms with Crippen LogP contribution in [0, 0.1) is 0 Å². The highest BCUT2D eigenvalue weighted by molar-refractivity contribution is 7.89. The molecule has 0 aliphatic rings. The molecular formula is C10H17N3O4S. The Morgan fingerprint density at radius 3 is 2.67 bits per heavy atom. The van der Waals surface area contributed by atoms with Gasteiger partial charge >= 0.3 is 5.97 Å². The maximum atomic E-state index is 12.3. The van der Waals surface area contributed by atoms with Gasteiger partial charge in [-0.05, 0) is 12.5 Å². The van der Waals surface area contributed by atoms with Crippen molar-refractivity contribution in [2.75, 3.05) is 20.2 Å². The maximum Gasteiger partial charge on any atom is 0.321 e. The van der Waals surface area contributed by atoms with Gasteiger partial charge in [0.15, 0.2) is 5.03 Å². The predicted octanol–water partition coefficient (Wildman–Crippen LogP) is -0.00620. The van der Waals surface area contributed by atoms with E-state index in [0.717, 1.165) is 4.31 Å². The molecule has 1 heterocycles. The number of carbonyl (C=O) groups excluding carboxylic acids is 1. The molecule has 1 aromatic heterocycles. The Hall–Kier alpha value is -1.41. The number of hydrogen-bond acceptors (Lipinski definition) is 5. The van der Waals surface area contributed by atoms with E-state index in [1.54, 1.807) is 0 Å².